The zero-order valence-corrected chi connectivity index (χ0v) is 10.9. The van der Waals surface area contributed by atoms with Crippen molar-refractivity contribution >= 4 is 11.8 Å². The van der Waals surface area contributed by atoms with Gasteiger partial charge >= 0.3 is 0 Å². The lowest BCUT2D eigenvalue weighted by Gasteiger charge is -2.36. The molecule has 1 heterocycles. The zero-order valence-electron chi connectivity index (χ0n) is 10.9. The maximum atomic E-state index is 12.2. The first-order chi connectivity index (χ1) is 9.08. The summed E-state index contributed by atoms with van der Waals surface area (Å²) in [6, 6.07) is 0. The first kappa shape index (κ1) is 13.9. The predicted octanol–water partition coefficient (Wildman–Crippen LogP) is -0.0643. The van der Waals surface area contributed by atoms with E-state index in [9.17, 15) is 14.7 Å². The summed E-state index contributed by atoms with van der Waals surface area (Å²) in [5.74, 6) is 0.759. The highest BCUT2D eigenvalue weighted by Crippen LogP contribution is 2.28. The van der Waals surface area contributed by atoms with Gasteiger partial charge in [0.2, 0.25) is 11.8 Å². The van der Waals surface area contributed by atoms with Gasteiger partial charge in [-0.15, -0.1) is 6.42 Å². The van der Waals surface area contributed by atoms with Crippen molar-refractivity contribution in [2.45, 2.75) is 50.2 Å². The van der Waals surface area contributed by atoms with Crippen molar-refractivity contribution in [2.24, 2.45) is 5.92 Å². The van der Waals surface area contributed by atoms with E-state index in [4.69, 9.17) is 6.42 Å². The van der Waals surface area contributed by atoms with Crippen LogP contribution < -0.4 is 10.6 Å². The van der Waals surface area contributed by atoms with Gasteiger partial charge in [-0.3, -0.25) is 9.59 Å². The fraction of sp³-hybridized carbons (Fsp3) is 0.714. The van der Waals surface area contributed by atoms with Gasteiger partial charge in [0.1, 0.15) is 11.5 Å². The predicted molar refractivity (Wildman–Crippen MR) is 69.9 cm³/mol. The number of carbonyl (C=O) groups is 2. The number of nitrogens with one attached hydrogen (secondary N) is 2. The summed E-state index contributed by atoms with van der Waals surface area (Å²) in [4.78, 5) is 23.9. The van der Waals surface area contributed by atoms with Crippen LogP contribution in [-0.4, -0.2) is 35.1 Å². The van der Waals surface area contributed by atoms with Gasteiger partial charge in [0, 0.05) is 6.54 Å². The Morgan fingerprint density at radius 2 is 2.11 bits per heavy atom. The average molecular weight is 264 g/mol. The maximum absolute atomic E-state index is 12.2. The summed E-state index contributed by atoms with van der Waals surface area (Å²) in [6.07, 6.45) is 9.57. The Bertz CT molecular complexity index is 407. The Hall–Kier alpha value is -1.54. The summed E-state index contributed by atoms with van der Waals surface area (Å²) in [6.45, 7) is 0.407. The molecular weight excluding hydrogens is 244 g/mol. The highest BCUT2D eigenvalue weighted by atomic mass is 16.3. The molecular formula is C14H20N2O3. The number of rotatable bonds is 2. The number of hydrogen-bond donors (Lipinski definition) is 3. The van der Waals surface area contributed by atoms with E-state index < -0.39 is 29.4 Å². The van der Waals surface area contributed by atoms with Crippen molar-refractivity contribution in [3.05, 3.63) is 0 Å². The molecule has 0 aromatic rings. The number of piperidine rings is 1. The fourth-order valence-corrected chi connectivity index (χ4v) is 2.86. The van der Waals surface area contributed by atoms with Gasteiger partial charge in [0.05, 0.1) is 6.10 Å². The highest BCUT2D eigenvalue weighted by Gasteiger charge is 2.40. The molecule has 0 aromatic heterocycles. The maximum Gasteiger partial charge on any atom is 0.236 e. The molecule has 2 amide bonds. The van der Waals surface area contributed by atoms with Crippen LogP contribution in [0.4, 0.5) is 0 Å². The number of aliphatic hydroxyl groups is 1. The van der Waals surface area contributed by atoms with Gasteiger partial charge in [-0.25, -0.2) is 0 Å². The Morgan fingerprint density at radius 1 is 1.42 bits per heavy atom. The lowest BCUT2D eigenvalue weighted by Crippen LogP contribution is -2.57. The average Bonchev–Trinajstić information content (AvgIpc) is 2.39. The third kappa shape index (κ3) is 2.90. The van der Waals surface area contributed by atoms with E-state index in [2.05, 4.69) is 16.6 Å². The molecule has 5 nitrogen and oxygen atoms in total. The highest BCUT2D eigenvalue weighted by molar-refractivity contribution is 6.01. The second-order valence-electron chi connectivity index (χ2n) is 5.40. The minimum Gasteiger partial charge on any atom is -0.392 e. The van der Waals surface area contributed by atoms with Crippen LogP contribution in [0.3, 0.4) is 0 Å². The molecule has 0 spiro atoms. The lowest BCUT2D eigenvalue weighted by molar-refractivity contribution is -0.143. The number of aliphatic hydroxyl groups excluding tert-OH is 1. The topological polar surface area (TPSA) is 78.4 Å². The van der Waals surface area contributed by atoms with E-state index in [-0.39, 0.29) is 0 Å². The van der Waals surface area contributed by atoms with Crippen LogP contribution in [0, 0.1) is 18.3 Å². The van der Waals surface area contributed by atoms with Crippen molar-refractivity contribution in [3.8, 4) is 12.3 Å². The minimum absolute atomic E-state index is 0.396. The van der Waals surface area contributed by atoms with Crippen LogP contribution in [-0.2, 0) is 9.59 Å². The zero-order chi connectivity index (χ0) is 13.9. The van der Waals surface area contributed by atoms with E-state index in [1.165, 1.54) is 0 Å². The number of amides is 2. The van der Waals surface area contributed by atoms with Crippen LogP contribution in [0.15, 0.2) is 0 Å². The molecule has 19 heavy (non-hydrogen) atoms. The van der Waals surface area contributed by atoms with Crippen molar-refractivity contribution < 1.29 is 14.7 Å². The molecule has 2 rings (SSSR count). The SMILES string of the molecule is C#CC1(NC(=O)C2C(=O)NCCC2O)CCCCC1. The van der Waals surface area contributed by atoms with Gasteiger partial charge in [0.15, 0.2) is 0 Å². The summed E-state index contributed by atoms with van der Waals surface area (Å²) >= 11 is 0. The standard InChI is InChI=1S/C14H20N2O3/c1-2-14(7-4-3-5-8-14)16-13(19)11-10(17)6-9-15-12(11)18/h1,10-11,17H,3-9H2,(H,15,18)(H,16,19). The fourth-order valence-electron chi connectivity index (χ4n) is 2.86. The van der Waals surface area contributed by atoms with Crippen molar-refractivity contribution in [3.63, 3.8) is 0 Å². The molecule has 1 aliphatic carbocycles. The van der Waals surface area contributed by atoms with Gasteiger partial charge in [0.25, 0.3) is 0 Å². The molecule has 3 N–H and O–H groups in total. The van der Waals surface area contributed by atoms with E-state index >= 15 is 0 Å². The molecule has 1 saturated heterocycles. The molecule has 0 aromatic carbocycles. The van der Waals surface area contributed by atoms with Crippen molar-refractivity contribution in [2.75, 3.05) is 6.54 Å². The van der Waals surface area contributed by atoms with Gasteiger partial charge in [-0.2, -0.15) is 0 Å². The molecule has 0 radical (unpaired) electrons. The Balaban J connectivity index is 2.07. The summed E-state index contributed by atoms with van der Waals surface area (Å²) in [5, 5.41) is 15.2. The largest absolute Gasteiger partial charge is 0.392 e. The number of carbonyl (C=O) groups excluding carboxylic acids is 2. The molecule has 2 unspecified atom stereocenters. The molecule has 104 valence electrons. The minimum atomic E-state index is -1.04. The Labute approximate surface area is 113 Å². The first-order valence-electron chi connectivity index (χ1n) is 6.83. The Kier molecular flexibility index (Phi) is 4.11. The van der Waals surface area contributed by atoms with Crippen LogP contribution in [0.2, 0.25) is 0 Å². The molecule has 2 aliphatic rings. The van der Waals surface area contributed by atoms with Gasteiger partial charge in [-0.1, -0.05) is 25.2 Å². The second kappa shape index (κ2) is 5.62. The van der Waals surface area contributed by atoms with Gasteiger partial charge in [-0.05, 0) is 19.3 Å². The molecule has 2 atom stereocenters. The molecule has 5 heteroatoms. The normalized spacial score (nSPS) is 30.0. The van der Waals surface area contributed by atoms with Gasteiger partial charge < -0.3 is 15.7 Å². The van der Waals surface area contributed by atoms with E-state index in [1.807, 2.05) is 0 Å². The first-order valence-corrected chi connectivity index (χ1v) is 6.83. The van der Waals surface area contributed by atoms with E-state index in [1.54, 1.807) is 0 Å². The van der Waals surface area contributed by atoms with Crippen LogP contribution >= 0.6 is 0 Å². The summed E-state index contributed by atoms with van der Waals surface area (Å²) in [5.41, 5.74) is -0.646. The van der Waals surface area contributed by atoms with Crippen molar-refractivity contribution in [1.82, 2.24) is 10.6 Å². The van der Waals surface area contributed by atoms with E-state index in [0.29, 0.717) is 13.0 Å². The van der Waals surface area contributed by atoms with Crippen molar-refractivity contribution in [1.29, 1.82) is 0 Å². The van der Waals surface area contributed by atoms with Crippen LogP contribution in [0.5, 0.6) is 0 Å². The second-order valence-corrected chi connectivity index (χ2v) is 5.40. The smallest absolute Gasteiger partial charge is 0.236 e. The molecule has 1 saturated carbocycles. The number of terminal acetylenes is 1. The molecule has 0 bridgehead atoms. The van der Waals surface area contributed by atoms with Crippen LogP contribution in [0.1, 0.15) is 38.5 Å². The monoisotopic (exact) mass is 264 g/mol. The lowest BCUT2D eigenvalue weighted by atomic mass is 9.81. The third-order valence-corrected chi connectivity index (χ3v) is 4.03. The summed E-state index contributed by atoms with van der Waals surface area (Å²) in [7, 11) is 0. The summed E-state index contributed by atoms with van der Waals surface area (Å²) < 4.78 is 0. The third-order valence-electron chi connectivity index (χ3n) is 4.03. The molecule has 2 fully saturated rings. The van der Waals surface area contributed by atoms with Crippen LogP contribution in [0.25, 0.3) is 0 Å². The van der Waals surface area contributed by atoms with E-state index in [0.717, 1.165) is 32.1 Å². The quantitative estimate of drug-likeness (QED) is 0.483. The molecule has 1 aliphatic heterocycles. The Morgan fingerprint density at radius 3 is 2.68 bits per heavy atom. The number of hydrogen-bond acceptors (Lipinski definition) is 3.